The molecule has 0 unspecified atom stereocenters. The zero-order valence-corrected chi connectivity index (χ0v) is 24.4. The summed E-state index contributed by atoms with van der Waals surface area (Å²) in [7, 11) is -4.76. The maximum atomic E-state index is 10.3. The van der Waals surface area contributed by atoms with Crippen molar-refractivity contribution < 1.29 is 70.3 Å². The zero-order valence-electron chi connectivity index (χ0n) is 20.3. The molecule has 30 heavy (non-hydrogen) atoms. The summed E-state index contributed by atoms with van der Waals surface area (Å²) in [4.78, 5) is 20.6. The minimum absolute atomic E-state index is 0. The van der Waals surface area contributed by atoms with E-state index in [1.165, 1.54) is 122 Å². The Bertz CT molecular complexity index is 363. The molecule has 0 amide bonds. The molecule has 0 aliphatic heterocycles. The number of phosphoric ester groups is 1. The predicted octanol–water partition coefficient (Wildman–Crippen LogP) is 4.44. The Morgan fingerprint density at radius 1 is 0.500 bits per heavy atom. The maximum absolute atomic E-state index is 10.3. The molecule has 0 fully saturated rings. The minimum atomic E-state index is -4.76. The van der Waals surface area contributed by atoms with Gasteiger partial charge in [-0.2, -0.15) is 0 Å². The van der Waals surface area contributed by atoms with Gasteiger partial charge in [0.25, 0.3) is 0 Å². The molecule has 0 heterocycles. The van der Waals surface area contributed by atoms with Crippen LogP contribution < -0.4 is 61.2 Å². The Hall–Kier alpha value is 1.75. The Labute approximate surface area is 230 Å². The first-order valence-electron chi connectivity index (χ1n) is 12.7. The average molecular weight is 472 g/mol. The number of hydrogen-bond acceptors (Lipinski definition) is 4. The average Bonchev–Trinajstić information content (AvgIpc) is 2.67. The van der Waals surface area contributed by atoms with E-state index in [1.807, 2.05) is 0 Å². The first-order valence-corrected chi connectivity index (χ1v) is 14.2. The SMILES string of the molecule is CCCCCCCCCCCCCCCCCCCCCCCCOP(=O)([O-])[O-].[K+]. The van der Waals surface area contributed by atoms with Crippen LogP contribution in [0.25, 0.3) is 0 Å². The summed E-state index contributed by atoms with van der Waals surface area (Å²) in [6.45, 7) is 2.33. The normalized spacial score (nSPS) is 11.6. The van der Waals surface area contributed by atoms with Crippen LogP contribution in [0.4, 0.5) is 0 Å². The van der Waals surface area contributed by atoms with Gasteiger partial charge in [-0.25, -0.2) is 0 Å². The quantitative estimate of drug-likeness (QED) is 0.119. The van der Waals surface area contributed by atoms with Crippen molar-refractivity contribution in [3.05, 3.63) is 0 Å². The van der Waals surface area contributed by atoms with E-state index in [-0.39, 0.29) is 58.0 Å². The molecule has 0 N–H and O–H groups in total. The molecule has 0 aliphatic carbocycles. The fourth-order valence-corrected chi connectivity index (χ4v) is 4.24. The first kappa shape index (κ1) is 33.9. The topological polar surface area (TPSA) is 72.4 Å². The first-order chi connectivity index (χ1) is 14.1. The number of phosphoric acid groups is 1. The second-order valence-electron chi connectivity index (χ2n) is 8.71. The Morgan fingerprint density at radius 2 is 0.733 bits per heavy atom. The molecule has 4 nitrogen and oxygen atoms in total. The second kappa shape index (κ2) is 27.0. The molecule has 0 saturated heterocycles. The van der Waals surface area contributed by atoms with Crippen LogP contribution >= 0.6 is 7.82 Å². The summed E-state index contributed by atoms with van der Waals surface area (Å²) in [5, 5.41) is 0. The molecule has 0 spiro atoms. The third-order valence-corrected chi connectivity index (χ3v) is 6.25. The van der Waals surface area contributed by atoms with Crippen molar-refractivity contribution in [3.63, 3.8) is 0 Å². The summed E-state index contributed by atoms with van der Waals surface area (Å²) in [5.41, 5.74) is 0. The standard InChI is InChI=1S/C24H51O4P.K/c1-2-3-4-5-6-7-8-9-10-11-12-13-14-15-16-17-18-19-20-21-22-23-24-28-29(25,26)27;/h2-24H2,1H3,(H2,25,26,27);/q;+1/p-2. The van der Waals surface area contributed by atoms with E-state index in [0.717, 1.165) is 12.8 Å². The Kier molecular flexibility index (Phi) is 30.5. The third kappa shape index (κ3) is 31.9. The Morgan fingerprint density at radius 3 is 0.967 bits per heavy atom. The number of unbranched alkanes of at least 4 members (excludes halogenated alkanes) is 21. The summed E-state index contributed by atoms with van der Waals surface area (Å²) < 4.78 is 14.5. The monoisotopic (exact) mass is 471 g/mol. The van der Waals surface area contributed by atoms with Crippen LogP contribution in [-0.4, -0.2) is 6.61 Å². The molecule has 0 rings (SSSR count). The zero-order chi connectivity index (χ0) is 21.5. The van der Waals surface area contributed by atoms with E-state index >= 15 is 0 Å². The third-order valence-electron chi connectivity index (χ3n) is 5.75. The van der Waals surface area contributed by atoms with Crippen LogP contribution in [0, 0.1) is 0 Å². The van der Waals surface area contributed by atoms with E-state index in [1.54, 1.807) is 0 Å². The summed E-state index contributed by atoms with van der Waals surface area (Å²) in [6.07, 6.45) is 29.1. The smallest absolute Gasteiger partial charge is 0.790 e. The molecule has 0 bridgehead atoms. The van der Waals surface area contributed by atoms with Gasteiger partial charge < -0.3 is 18.9 Å². The van der Waals surface area contributed by atoms with E-state index in [0.29, 0.717) is 6.42 Å². The number of rotatable bonds is 24. The van der Waals surface area contributed by atoms with Gasteiger partial charge >= 0.3 is 51.4 Å². The van der Waals surface area contributed by atoms with Crippen molar-refractivity contribution in [2.75, 3.05) is 6.61 Å². The van der Waals surface area contributed by atoms with Crippen LogP contribution in [0.2, 0.25) is 0 Å². The van der Waals surface area contributed by atoms with E-state index < -0.39 is 7.82 Å². The molecule has 0 aromatic heterocycles. The van der Waals surface area contributed by atoms with E-state index in [4.69, 9.17) is 0 Å². The Balaban J connectivity index is 0. The molecule has 0 saturated carbocycles. The van der Waals surface area contributed by atoms with Crippen molar-refractivity contribution in [3.8, 4) is 0 Å². The van der Waals surface area contributed by atoms with Crippen LogP contribution in [0.5, 0.6) is 0 Å². The van der Waals surface area contributed by atoms with Gasteiger partial charge in [-0.05, 0) is 6.42 Å². The van der Waals surface area contributed by atoms with Crippen LogP contribution in [0.3, 0.4) is 0 Å². The van der Waals surface area contributed by atoms with Gasteiger partial charge in [0.05, 0.1) is 14.4 Å². The maximum Gasteiger partial charge on any atom is 1.00 e. The van der Waals surface area contributed by atoms with Crippen LogP contribution in [0.15, 0.2) is 0 Å². The fourth-order valence-electron chi connectivity index (χ4n) is 3.89. The molecule has 0 aromatic carbocycles. The minimum Gasteiger partial charge on any atom is -0.790 e. The van der Waals surface area contributed by atoms with Crippen molar-refractivity contribution >= 4 is 7.82 Å². The summed E-state index contributed by atoms with van der Waals surface area (Å²) in [5.74, 6) is 0. The van der Waals surface area contributed by atoms with E-state index in [9.17, 15) is 14.4 Å². The molecule has 0 aromatic rings. The number of hydrogen-bond donors (Lipinski definition) is 0. The molecule has 176 valence electrons. The van der Waals surface area contributed by atoms with Gasteiger partial charge in [-0.15, -0.1) is 0 Å². The van der Waals surface area contributed by atoms with Crippen molar-refractivity contribution in [2.24, 2.45) is 0 Å². The van der Waals surface area contributed by atoms with Crippen molar-refractivity contribution in [1.82, 2.24) is 0 Å². The predicted molar refractivity (Wildman–Crippen MR) is 121 cm³/mol. The molecule has 6 heteroatoms. The van der Waals surface area contributed by atoms with Gasteiger partial charge in [-0.1, -0.05) is 142 Å². The van der Waals surface area contributed by atoms with Gasteiger partial charge in [0.1, 0.15) is 0 Å². The largest absolute Gasteiger partial charge is 1.00 e. The van der Waals surface area contributed by atoms with E-state index in [2.05, 4.69) is 11.4 Å². The van der Waals surface area contributed by atoms with Crippen LogP contribution in [0.1, 0.15) is 148 Å². The van der Waals surface area contributed by atoms with Gasteiger partial charge in [0.2, 0.25) is 0 Å². The summed E-state index contributed by atoms with van der Waals surface area (Å²) in [6, 6.07) is 0. The summed E-state index contributed by atoms with van der Waals surface area (Å²) >= 11 is 0. The molecule has 0 aliphatic rings. The van der Waals surface area contributed by atoms with Crippen LogP contribution in [-0.2, 0) is 9.09 Å². The van der Waals surface area contributed by atoms with Gasteiger partial charge in [0.15, 0.2) is 0 Å². The van der Waals surface area contributed by atoms with Gasteiger partial charge in [0, 0.05) is 0 Å². The fraction of sp³-hybridized carbons (Fsp3) is 1.00. The molecule has 0 atom stereocenters. The second-order valence-corrected chi connectivity index (χ2v) is 9.86. The molecule has 0 radical (unpaired) electrons. The van der Waals surface area contributed by atoms with Crippen molar-refractivity contribution in [1.29, 1.82) is 0 Å². The van der Waals surface area contributed by atoms with Gasteiger partial charge in [-0.3, -0.25) is 0 Å². The molecular weight excluding hydrogens is 422 g/mol. The molecular formula is C24H49KO4P-. The van der Waals surface area contributed by atoms with Crippen molar-refractivity contribution in [2.45, 2.75) is 148 Å².